The lowest BCUT2D eigenvalue weighted by Gasteiger charge is -1.91. The molecule has 0 aliphatic rings. The number of pyridine rings is 1. The van der Waals surface area contributed by atoms with E-state index in [1.165, 1.54) is 0 Å². The molecule has 1 heterocycles. The first-order chi connectivity index (χ1) is 5.18. The Morgan fingerprint density at radius 3 is 2.42 bits per heavy atom. The SMILES string of the molecule is CC(=O)C[n+]1ccc(Cl)cc1.[Br-]. The van der Waals surface area contributed by atoms with Crippen molar-refractivity contribution in [2.45, 2.75) is 13.5 Å². The van der Waals surface area contributed by atoms with Crippen LogP contribution in [0, 0.1) is 0 Å². The van der Waals surface area contributed by atoms with Crippen molar-refractivity contribution in [3.8, 4) is 0 Å². The lowest BCUT2D eigenvalue weighted by atomic mass is 10.4. The molecule has 0 saturated heterocycles. The average Bonchev–Trinajstić information content (AvgIpc) is 1.93. The van der Waals surface area contributed by atoms with Gasteiger partial charge in [-0.15, -0.1) is 0 Å². The minimum Gasteiger partial charge on any atom is -1.00 e. The van der Waals surface area contributed by atoms with E-state index in [1.54, 1.807) is 36.0 Å². The van der Waals surface area contributed by atoms with Crippen molar-refractivity contribution in [1.29, 1.82) is 0 Å². The Morgan fingerprint density at radius 2 is 2.00 bits per heavy atom. The van der Waals surface area contributed by atoms with Crippen LogP contribution in [-0.4, -0.2) is 5.78 Å². The van der Waals surface area contributed by atoms with Crippen molar-refractivity contribution in [2.24, 2.45) is 0 Å². The number of halogens is 2. The number of nitrogens with zero attached hydrogens (tertiary/aromatic N) is 1. The van der Waals surface area contributed by atoms with Gasteiger partial charge in [-0.25, -0.2) is 0 Å². The smallest absolute Gasteiger partial charge is 0.206 e. The molecule has 66 valence electrons. The van der Waals surface area contributed by atoms with E-state index >= 15 is 0 Å². The molecule has 0 N–H and O–H groups in total. The first-order valence-corrected chi connectivity index (χ1v) is 3.70. The molecule has 0 bridgehead atoms. The predicted molar refractivity (Wildman–Crippen MR) is 42.3 cm³/mol. The number of ketones is 1. The van der Waals surface area contributed by atoms with Gasteiger partial charge in [0.05, 0.1) is 5.02 Å². The number of hydrogen-bond acceptors (Lipinski definition) is 1. The summed E-state index contributed by atoms with van der Waals surface area (Å²) in [6, 6.07) is 3.51. The van der Waals surface area contributed by atoms with Gasteiger partial charge in [-0.3, -0.25) is 4.79 Å². The normalized spacial score (nSPS) is 8.83. The van der Waals surface area contributed by atoms with Crippen molar-refractivity contribution < 1.29 is 26.3 Å². The maximum Gasteiger partial charge on any atom is 0.206 e. The van der Waals surface area contributed by atoms with E-state index in [2.05, 4.69) is 0 Å². The summed E-state index contributed by atoms with van der Waals surface area (Å²) in [5.74, 6) is 0.136. The van der Waals surface area contributed by atoms with Crippen LogP contribution in [0.25, 0.3) is 0 Å². The van der Waals surface area contributed by atoms with E-state index in [0.29, 0.717) is 11.6 Å². The molecule has 0 aromatic carbocycles. The van der Waals surface area contributed by atoms with Crippen LogP contribution in [0.4, 0.5) is 0 Å². The molecule has 0 aliphatic carbocycles. The lowest BCUT2D eigenvalue weighted by molar-refractivity contribution is -0.684. The quantitative estimate of drug-likeness (QED) is 0.569. The van der Waals surface area contributed by atoms with Crippen molar-refractivity contribution >= 4 is 17.4 Å². The highest BCUT2D eigenvalue weighted by atomic mass is 79.9. The Kier molecular flexibility index (Phi) is 5.09. The van der Waals surface area contributed by atoms with Crippen LogP contribution in [0.5, 0.6) is 0 Å². The average molecular weight is 251 g/mol. The fourth-order valence-electron chi connectivity index (χ4n) is 0.802. The third-order valence-electron chi connectivity index (χ3n) is 1.26. The second kappa shape index (κ2) is 5.27. The molecule has 0 fully saturated rings. The van der Waals surface area contributed by atoms with Gasteiger partial charge < -0.3 is 17.0 Å². The number of Topliss-reactive ketones (excluding diaryl/α,β-unsaturated/α-hetero) is 1. The second-order valence-electron chi connectivity index (χ2n) is 2.39. The van der Waals surface area contributed by atoms with Gasteiger partial charge in [-0.2, -0.15) is 4.57 Å². The maximum atomic E-state index is 10.6. The summed E-state index contributed by atoms with van der Waals surface area (Å²) in [5.41, 5.74) is 0. The Hall–Kier alpha value is -0.410. The van der Waals surface area contributed by atoms with E-state index < -0.39 is 0 Å². The largest absolute Gasteiger partial charge is 1.00 e. The van der Waals surface area contributed by atoms with Gasteiger partial charge in [0.2, 0.25) is 6.54 Å². The van der Waals surface area contributed by atoms with Gasteiger partial charge >= 0.3 is 0 Å². The summed E-state index contributed by atoms with van der Waals surface area (Å²) >= 11 is 5.65. The van der Waals surface area contributed by atoms with E-state index in [0.717, 1.165) is 0 Å². The van der Waals surface area contributed by atoms with E-state index in [1.807, 2.05) is 0 Å². The Morgan fingerprint density at radius 1 is 1.50 bits per heavy atom. The van der Waals surface area contributed by atoms with Crippen LogP contribution in [0.1, 0.15) is 6.92 Å². The van der Waals surface area contributed by atoms with Crippen LogP contribution in [0.3, 0.4) is 0 Å². The zero-order valence-electron chi connectivity index (χ0n) is 6.63. The molecule has 1 aromatic rings. The summed E-state index contributed by atoms with van der Waals surface area (Å²) in [5, 5.41) is 0.685. The van der Waals surface area contributed by atoms with Gasteiger partial charge in [0.25, 0.3) is 0 Å². The zero-order chi connectivity index (χ0) is 8.27. The fourth-order valence-corrected chi connectivity index (χ4v) is 0.914. The highest BCUT2D eigenvalue weighted by molar-refractivity contribution is 6.30. The molecule has 4 heteroatoms. The summed E-state index contributed by atoms with van der Waals surface area (Å²) in [7, 11) is 0. The molecule has 0 spiro atoms. The topological polar surface area (TPSA) is 20.9 Å². The summed E-state index contributed by atoms with van der Waals surface area (Å²) in [6.07, 6.45) is 3.56. The fraction of sp³-hybridized carbons (Fsp3) is 0.250. The van der Waals surface area contributed by atoms with E-state index in [-0.39, 0.29) is 22.8 Å². The predicted octanol–water partition coefficient (Wildman–Crippen LogP) is -1.78. The standard InChI is InChI=1S/C8H9ClNO.BrH/c1-7(11)6-10-4-2-8(9)3-5-10;/h2-5H,6H2,1H3;1H/q+1;/p-1. The van der Waals surface area contributed by atoms with Crippen LogP contribution in [-0.2, 0) is 11.3 Å². The van der Waals surface area contributed by atoms with Crippen LogP contribution < -0.4 is 21.5 Å². The summed E-state index contributed by atoms with van der Waals surface area (Å²) < 4.78 is 1.79. The third kappa shape index (κ3) is 3.83. The highest BCUT2D eigenvalue weighted by Crippen LogP contribution is 2.01. The Labute approximate surface area is 86.9 Å². The molecule has 1 rings (SSSR count). The molecule has 0 aliphatic heterocycles. The Bertz CT molecular complexity index is 260. The van der Waals surface area contributed by atoms with Crippen molar-refractivity contribution in [3.05, 3.63) is 29.5 Å². The number of carbonyl (C=O) groups excluding carboxylic acids is 1. The number of rotatable bonds is 2. The van der Waals surface area contributed by atoms with Crippen LogP contribution in [0.2, 0.25) is 5.02 Å². The van der Waals surface area contributed by atoms with E-state index in [9.17, 15) is 4.79 Å². The number of carbonyl (C=O) groups is 1. The monoisotopic (exact) mass is 249 g/mol. The van der Waals surface area contributed by atoms with Gasteiger partial charge in [-0.1, -0.05) is 11.6 Å². The molecule has 0 unspecified atom stereocenters. The first-order valence-electron chi connectivity index (χ1n) is 3.32. The molecule has 2 nitrogen and oxygen atoms in total. The number of hydrogen-bond donors (Lipinski definition) is 0. The molecule has 0 saturated carbocycles. The first kappa shape index (κ1) is 11.6. The van der Waals surface area contributed by atoms with Crippen molar-refractivity contribution in [2.75, 3.05) is 0 Å². The minimum absolute atomic E-state index is 0. The summed E-state index contributed by atoms with van der Waals surface area (Å²) in [4.78, 5) is 10.6. The van der Waals surface area contributed by atoms with Crippen molar-refractivity contribution in [3.63, 3.8) is 0 Å². The second-order valence-corrected chi connectivity index (χ2v) is 2.83. The molecule has 1 aromatic heterocycles. The minimum atomic E-state index is 0. The highest BCUT2D eigenvalue weighted by Gasteiger charge is 2.02. The number of aromatic nitrogens is 1. The molecule has 0 radical (unpaired) electrons. The lowest BCUT2D eigenvalue weighted by Crippen LogP contribution is -3.00. The van der Waals surface area contributed by atoms with Gasteiger partial charge in [0.15, 0.2) is 18.2 Å². The zero-order valence-corrected chi connectivity index (χ0v) is 8.97. The molecular weight excluding hydrogens is 241 g/mol. The van der Waals surface area contributed by atoms with Crippen molar-refractivity contribution in [1.82, 2.24) is 0 Å². The molecule has 12 heavy (non-hydrogen) atoms. The van der Waals surface area contributed by atoms with Crippen LogP contribution in [0.15, 0.2) is 24.5 Å². The third-order valence-corrected chi connectivity index (χ3v) is 1.51. The molecule has 0 atom stereocenters. The molecule has 0 amide bonds. The maximum absolute atomic E-state index is 10.6. The van der Waals surface area contributed by atoms with Gasteiger partial charge in [-0.05, 0) is 0 Å². The van der Waals surface area contributed by atoms with Crippen LogP contribution >= 0.6 is 11.6 Å². The van der Waals surface area contributed by atoms with E-state index in [4.69, 9.17) is 11.6 Å². The van der Waals surface area contributed by atoms with Gasteiger partial charge in [0, 0.05) is 19.1 Å². The summed E-state index contributed by atoms with van der Waals surface area (Å²) in [6.45, 7) is 1.97. The van der Waals surface area contributed by atoms with Gasteiger partial charge in [0.1, 0.15) is 0 Å². The Balaban J connectivity index is 0.00000121. The molecular formula is C8H9BrClNO.